The quantitative estimate of drug-likeness (QED) is 0.811. The van der Waals surface area contributed by atoms with E-state index in [2.05, 4.69) is 15.1 Å². The highest BCUT2D eigenvalue weighted by Crippen LogP contribution is 2.05. The SMILES string of the molecule is CCN(Cc1noc(C)n1)C(=O)Cc1ccncc1. The second-order valence-electron chi connectivity index (χ2n) is 4.17. The zero-order valence-corrected chi connectivity index (χ0v) is 11.0. The Kier molecular flexibility index (Phi) is 4.22. The standard InChI is InChI=1S/C13H16N4O2/c1-3-17(9-12-15-10(2)19-16-12)13(18)8-11-4-6-14-7-5-11/h4-7H,3,8-9H2,1-2H3. The molecule has 2 aromatic rings. The van der Waals surface area contributed by atoms with E-state index in [1.54, 1.807) is 24.2 Å². The number of hydrogen-bond donors (Lipinski definition) is 0. The first-order valence-electron chi connectivity index (χ1n) is 6.15. The fourth-order valence-corrected chi connectivity index (χ4v) is 1.74. The van der Waals surface area contributed by atoms with E-state index in [0.717, 1.165) is 5.56 Å². The normalized spacial score (nSPS) is 10.4. The average Bonchev–Trinajstić information content (AvgIpc) is 2.82. The van der Waals surface area contributed by atoms with Crippen molar-refractivity contribution in [3.05, 3.63) is 41.8 Å². The summed E-state index contributed by atoms with van der Waals surface area (Å²) in [6, 6.07) is 3.68. The van der Waals surface area contributed by atoms with Gasteiger partial charge in [-0.2, -0.15) is 4.98 Å². The van der Waals surface area contributed by atoms with Crippen LogP contribution in [-0.4, -0.2) is 32.5 Å². The predicted molar refractivity (Wildman–Crippen MR) is 68.1 cm³/mol. The van der Waals surface area contributed by atoms with Gasteiger partial charge in [0.15, 0.2) is 5.82 Å². The van der Waals surface area contributed by atoms with E-state index in [1.807, 2.05) is 19.1 Å². The highest BCUT2D eigenvalue weighted by atomic mass is 16.5. The molecule has 0 saturated carbocycles. The van der Waals surface area contributed by atoms with Crippen molar-refractivity contribution in [3.8, 4) is 0 Å². The molecule has 0 fully saturated rings. The summed E-state index contributed by atoms with van der Waals surface area (Å²) in [7, 11) is 0. The zero-order chi connectivity index (χ0) is 13.7. The summed E-state index contributed by atoms with van der Waals surface area (Å²) in [5.74, 6) is 1.08. The maximum absolute atomic E-state index is 12.2. The van der Waals surface area contributed by atoms with Crippen LogP contribution in [0.3, 0.4) is 0 Å². The van der Waals surface area contributed by atoms with Gasteiger partial charge in [0.25, 0.3) is 0 Å². The number of aromatic nitrogens is 3. The second-order valence-corrected chi connectivity index (χ2v) is 4.17. The van der Waals surface area contributed by atoms with Crippen LogP contribution in [0, 0.1) is 6.92 Å². The Balaban J connectivity index is 1.99. The van der Waals surface area contributed by atoms with Crippen molar-refractivity contribution in [3.63, 3.8) is 0 Å². The number of likely N-dealkylation sites (N-methyl/N-ethyl adjacent to an activating group) is 1. The maximum atomic E-state index is 12.2. The molecule has 0 atom stereocenters. The van der Waals surface area contributed by atoms with Crippen molar-refractivity contribution in [1.29, 1.82) is 0 Å². The molecule has 0 radical (unpaired) electrons. The average molecular weight is 260 g/mol. The lowest BCUT2D eigenvalue weighted by Crippen LogP contribution is -2.32. The molecule has 2 aromatic heterocycles. The van der Waals surface area contributed by atoms with Gasteiger partial charge in [-0.05, 0) is 24.6 Å². The smallest absolute Gasteiger partial charge is 0.227 e. The van der Waals surface area contributed by atoms with Crippen LogP contribution in [0.1, 0.15) is 24.2 Å². The molecule has 19 heavy (non-hydrogen) atoms. The molecule has 100 valence electrons. The molecule has 0 unspecified atom stereocenters. The molecule has 0 aliphatic rings. The first kappa shape index (κ1) is 13.2. The van der Waals surface area contributed by atoms with Crippen LogP contribution >= 0.6 is 0 Å². The Morgan fingerprint density at radius 3 is 2.68 bits per heavy atom. The minimum atomic E-state index is 0.0381. The van der Waals surface area contributed by atoms with Gasteiger partial charge in [0.2, 0.25) is 11.8 Å². The Labute approximate surface area is 111 Å². The summed E-state index contributed by atoms with van der Waals surface area (Å²) in [4.78, 5) is 21.9. The van der Waals surface area contributed by atoms with Crippen molar-refractivity contribution in [2.45, 2.75) is 26.8 Å². The molecule has 0 aliphatic heterocycles. The van der Waals surface area contributed by atoms with Gasteiger partial charge in [0, 0.05) is 25.9 Å². The van der Waals surface area contributed by atoms with Crippen LogP contribution < -0.4 is 0 Å². The zero-order valence-electron chi connectivity index (χ0n) is 11.0. The monoisotopic (exact) mass is 260 g/mol. The number of hydrogen-bond acceptors (Lipinski definition) is 5. The van der Waals surface area contributed by atoms with Crippen LogP contribution in [0.25, 0.3) is 0 Å². The number of nitrogens with zero attached hydrogens (tertiary/aromatic N) is 4. The lowest BCUT2D eigenvalue weighted by Gasteiger charge is -2.18. The fourth-order valence-electron chi connectivity index (χ4n) is 1.74. The fraction of sp³-hybridized carbons (Fsp3) is 0.385. The van der Waals surface area contributed by atoms with Gasteiger partial charge in [-0.25, -0.2) is 0 Å². The second kappa shape index (κ2) is 6.08. The summed E-state index contributed by atoms with van der Waals surface area (Å²) < 4.78 is 4.90. The lowest BCUT2D eigenvalue weighted by atomic mass is 10.2. The number of pyridine rings is 1. The molecule has 0 spiro atoms. The molecule has 6 heteroatoms. The molecular formula is C13H16N4O2. The summed E-state index contributed by atoms with van der Waals surface area (Å²) in [6.07, 6.45) is 3.72. The Bertz CT molecular complexity index is 539. The highest BCUT2D eigenvalue weighted by molar-refractivity contribution is 5.78. The van der Waals surface area contributed by atoms with Gasteiger partial charge in [-0.15, -0.1) is 0 Å². The van der Waals surface area contributed by atoms with E-state index in [4.69, 9.17) is 4.52 Å². The number of carbonyl (C=O) groups excluding carboxylic acids is 1. The predicted octanol–water partition coefficient (Wildman–Crippen LogP) is 1.36. The largest absolute Gasteiger partial charge is 0.340 e. The third-order valence-electron chi connectivity index (χ3n) is 2.74. The van der Waals surface area contributed by atoms with E-state index in [1.165, 1.54) is 0 Å². The minimum Gasteiger partial charge on any atom is -0.340 e. The van der Waals surface area contributed by atoms with Crippen LogP contribution in [0.2, 0.25) is 0 Å². The summed E-state index contributed by atoms with van der Waals surface area (Å²) in [5.41, 5.74) is 0.947. The topological polar surface area (TPSA) is 72.1 Å². The molecule has 0 saturated heterocycles. The number of rotatable bonds is 5. The van der Waals surface area contributed by atoms with Crippen molar-refractivity contribution in [2.24, 2.45) is 0 Å². The van der Waals surface area contributed by atoms with Crippen molar-refractivity contribution in [1.82, 2.24) is 20.0 Å². The minimum absolute atomic E-state index is 0.0381. The highest BCUT2D eigenvalue weighted by Gasteiger charge is 2.15. The van der Waals surface area contributed by atoms with E-state index < -0.39 is 0 Å². The third kappa shape index (κ3) is 3.61. The Morgan fingerprint density at radius 2 is 2.11 bits per heavy atom. The van der Waals surface area contributed by atoms with Crippen molar-refractivity contribution < 1.29 is 9.32 Å². The molecule has 2 rings (SSSR count). The first-order chi connectivity index (χ1) is 9.19. The van der Waals surface area contributed by atoms with E-state index in [9.17, 15) is 4.79 Å². The summed E-state index contributed by atoms with van der Waals surface area (Å²) in [5, 5.41) is 3.80. The van der Waals surface area contributed by atoms with Crippen molar-refractivity contribution >= 4 is 5.91 Å². The van der Waals surface area contributed by atoms with Gasteiger partial charge in [-0.1, -0.05) is 5.16 Å². The van der Waals surface area contributed by atoms with Gasteiger partial charge in [-0.3, -0.25) is 9.78 Å². The first-order valence-corrected chi connectivity index (χ1v) is 6.15. The van der Waals surface area contributed by atoms with Crippen LogP contribution in [0.4, 0.5) is 0 Å². The third-order valence-corrected chi connectivity index (χ3v) is 2.74. The molecule has 0 N–H and O–H groups in total. The van der Waals surface area contributed by atoms with Crippen LogP contribution in [0.5, 0.6) is 0 Å². The molecule has 1 amide bonds. The molecule has 0 aromatic carbocycles. The van der Waals surface area contributed by atoms with Gasteiger partial charge in [0.05, 0.1) is 13.0 Å². The Hall–Kier alpha value is -2.24. The van der Waals surface area contributed by atoms with Gasteiger partial charge < -0.3 is 9.42 Å². The van der Waals surface area contributed by atoms with E-state index in [-0.39, 0.29) is 5.91 Å². The van der Waals surface area contributed by atoms with E-state index in [0.29, 0.717) is 31.2 Å². The van der Waals surface area contributed by atoms with Crippen LogP contribution in [0.15, 0.2) is 29.0 Å². The number of amides is 1. The number of aryl methyl sites for hydroxylation is 1. The van der Waals surface area contributed by atoms with E-state index >= 15 is 0 Å². The molecular weight excluding hydrogens is 244 g/mol. The van der Waals surface area contributed by atoms with Crippen molar-refractivity contribution in [2.75, 3.05) is 6.54 Å². The summed E-state index contributed by atoms with van der Waals surface area (Å²) in [6.45, 7) is 4.64. The molecule has 2 heterocycles. The summed E-state index contributed by atoms with van der Waals surface area (Å²) >= 11 is 0. The van der Waals surface area contributed by atoms with Gasteiger partial charge >= 0.3 is 0 Å². The Morgan fingerprint density at radius 1 is 1.37 bits per heavy atom. The van der Waals surface area contributed by atoms with Gasteiger partial charge in [0.1, 0.15) is 0 Å². The number of carbonyl (C=O) groups is 1. The molecule has 0 aliphatic carbocycles. The lowest BCUT2D eigenvalue weighted by molar-refractivity contribution is -0.131. The molecule has 6 nitrogen and oxygen atoms in total. The van der Waals surface area contributed by atoms with Crippen LogP contribution in [-0.2, 0) is 17.8 Å². The molecule has 0 bridgehead atoms. The maximum Gasteiger partial charge on any atom is 0.227 e.